The van der Waals surface area contributed by atoms with Crippen LogP contribution in [0.5, 0.6) is 0 Å². The van der Waals surface area contributed by atoms with E-state index in [2.05, 4.69) is 51.0 Å². The molecule has 1 aromatic rings. The molecule has 3 rings (SSSR count). The van der Waals surface area contributed by atoms with Crippen LogP contribution >= 0.6 is 0 Å². The lowest BCUT2D eigenvalue weighted by Crippen LogP contribution is -2.43. The van der Waals surface area contributed by atoms with Gasteiger partial charge in [0.2, 0.25) is 0 Å². The minimum Gasteiger partial charge on any atom is -0.370 e. The Morgan fingerprint density at radius 3 is 2.12 bits per heavy atom. The fourth-order valence-electron chi connectivity index (χ4n) is 3.59. The van der Waals surface area contributed by atoms with Crippen LogP contribution in [-0.4, -0.2) is 67.0 Å². The molecule has 0 aromatic heterocycles. The van der Waals surface area contributed by atoms with Crippen LogP contribution in [0, 0.1) is 0 Å². The predicted octanol–water partition coefficient (Wildman–Crippen LogP) is 2.12. The molecular weight excluding hydrogens is 310 g/mol. The minimum absolute atomic E-state index is 0.678. The van der Waals surface area contributed by atoms with E-state index < -0.39 is 0 Å². The van der Waals surface area contributed by atoms with Crippen LogP contribution in [0.15, 0.2) is 29.3 Å². The lowest BCUT2D eigenvalue weighted by Gasteiger charge is -2.32. The standard InChI is InChI=1S/C20H33N5/c1-23-12-14-24(15-13-23)17-19-8-6-18(7-9-19)16-22-20(21)25-10-4-2-3-5-11-25/h6-9H,2-5,10-17H2,1H3,(H2,21,22). The number of nitrogens with zero attached hydrogens (tertiary/aromatic N) is 4. The first-order valence-electron chi connectivity index (χ1n) is 9.74. The molecule has 0 saturated carbocycles. The Labute approximate surface area is 152 Å². The first-order chi connectivity index (χ1) is 12.2. The Morgan fingerprint density at radius 1 is 0.880 bits per heavy atom. The second kappa shape index (κ2) is 9.20. The summed E-state index contributed by atoms with van der Waals surface area (Å²) >= 11 is 0. The average molecular weight is 344 g/mol. The second-order valence-electron chi connectivity index (χ2n) is 7.47. The van der Waals surface area contributed by atoms with Crippen molar-refractivity contribution in [2.24, 2.45) is 10.7 Å². The molecule has 2 heterocycles. The summed E-state index contributed by atoms with van der Waals surface area (Å²) in [6.07, 6.45) is 5.10. The van der Waals surface area contributed by atoms with Gasteiger partial charge in [-0.25, -0.2) is 4.99 Å². The Hall–Kier alpha value is -1.59. The number of likely N-dealkylation sites (tertiary alicyclic amines) is 1. The van der Waals surface area contributed by atoms with E-state index in [9.17, 15) is 0 Å². The van der Waals surface area contributed by atoms with E-state index in [1.54, 1.807) is 0 Å². The van der Waals surface area contributed by atoms with Gasteiger partial charge in [-0.3, -0.25) is 4.90 Å². The molecule has 0 amide bonds. The van der Waals surface area contributed by atoms with Gasteiger partial charge in [0, 0.05) is 45.8 Å². The summed E-state index contributed by atoms with van der Waals surface area (Å²) in [4.78, 5) is 11.8. The summed E-state index contributed by atoms with van der Waals surface area (Å²) in [5.41, 5.74) is 8.82. The molecular formula is C20H33N5. The Morgan fingerprint density at radius 2 is 1.48 bits per heavy atom. The minimum atomic E-state index is 0.678. The van der Waals surface area contributed by atoms with Crippen molar-refractivity contribution in [1.29, 1.82) is 0 Å². The Bertz CT molecular complexity index is 538. The summed E-state index contributed by atoms with van der Waals surface area (Å²) in [6, 6.07) is 8.88. The highest BCUT2D eigenvalue weighted by atomic mass is 15.3. The number of nitrogens with two attached hydrogens (primary N) is 1. The molecule has 0 radical (unpaired) electrons. The summed E-state index contributed by atoms with van der Waals surface area (Å²) < 4.78 is 0. The van der Waals surface area contributed by atoms with Gasteiger partial charge < -0.3 is 15.5 Å². The first kappa shape index (κ1) is 18.2. The lowest BCUT2D eigenvalue weighted by molar-refractivity contribution is 0.148. The number of piperazine rings is 1. The van der Waals surface area contributed by atoms with Gasteiger partial charge >= 0.3 is 0 Å². The number of hydrogen-bond donors (Lipinski definition) is 1. The largest absolute Gasteiger partial charge is 0.370 e. The van der Waals surface area contributed by atoms with Crippen molar-refractivity contribution in [3.8, 4) is 0 Å². The predicted molar refractivity (Wildman–Crippen MR) is 105 cm³/mol. The zero-order valence-corrected chi connectivity index (χ0v) is 15.7. The molecule has 0 aliphatic carbocycles. The molecule has 2 aliphatic heterocycles. The van der Waals surface area contributed by atoms with Gasteiger partial charge in [-0.15, -0.1) is 0 Å². The Kier molecular flexibility index (Phi) is 6.70. The molecule has 1 aromatic carbocycles. The molecule has 5 nitrogen and oxygen atoms in total. The highest BCUT2D eigenvalue weighted by Gasteiger charge is 2.14. The topological polar surface area (TPSA) is 48.1 Å². The zero-order chi connectivity index (χ0) is 17.5. The zero-order valence-electron chi connectivity index (χ0n) is 15.7. The quantitative estimate of drug-likeness (QED) is 0.672. The van der Waals surface area contributed by atoms with Crippen LogP contribution < -0.4 is 5.73 Å². The molecule has 0 spiro atoms. The lowest BCUT2D eigenvalue weighted by atomic mass is 10.1. The van der Waals surface area contributed by atoms with Crippen LogP contribution in [0.2, 0.25) is 0 Å². The van der Waals surface area contributed by atoms with Crippen LogP contribution in [0.25, 0.3) is 0 Å². The van der Waals surface area contributed by atoms with Gasteiger partial charge in [0.05, 0.1) is 6.54 Å². The molecule has 5 heteroatoms. The van der Waals surface area contributed by atoms with Gasteiger partial charge in [0.1, 0.15) is 0 Å². The molecule has 138 valence electrons. The van der Waals surface area contributed by atoms with Crippen molar-refractivity contribution in [3.63, 3.8) is 0 Å². The van der Waals surface area contributed by atoms with E-state index >= 15 is 0 Å². The summed E-state index contributed by atoms with van der Waals surface area (Å²) in [7, 11) is 2.20. The van der Waals surface area contributed by atoms with Crippen LogP contribution in [0.3, 0.4) is 0 Å². The van der Waals surface area contributed by atoms with E-state index in [1.807, 2.05) is 0 Å². The second-order valence-corrected chi connectivity index (χ2v) is 7.47. The van der Waals surface area contributed by atoms with Crippen molar-refractivity contribution in [2.45, 2.75) is 38.8 Å². The fraction of sp³-hybridized carbons (Fsp3) is 0.650. The van der Waals surface area contributed by atoms with Gasteiger partial charge in [-0.1, -0.05) is 37.1 Å². The highest BCUT2D eigenvalue weighted by Crippen LogP contribution is 2.12. The number of likely N-dealkylation sites (N-methyl/N-ethyl adjacent to an activating group) is 1. The first-order valence-corrected chi connectivity index (χ1v) is 9.74. The molecule has 0 unspecified atom stereocenters. The van der Waals surface area contributed by atoms with E-state index in [1.165, 1.54) is 49.9 Å². The molecule has 0 bridgehead atoms. The monoisotopic (exact) mass is 343 g/mol. The van der Waals surface area contributed by atoms with Crippen molar-refractivity contribution < 1.29 is 0 Å². The summed E-state index contributed by atoms with van der Waals surface area (Å²) in [6.45, 7) is 8.50. The maximum Gasteiger partial charge on any atom is 0.191 e. The number of guanidine groups is 1. The fourth-order valence-corrected chi connectivity index (χ4v) is 3.59. The third kappa shape index (κ3) is 5.72. The third-order valence-electron chi connectivity index (χ3n) is 5.38. The third-order valence-corrected chi connectivity index (χ3v) is 5.38. The van der Waals surface area contributed by atoms with Crippen molar-refractivity contribution in [1.82, 2.24) is 14.7 Å². The summed E-state index contributed by atoms with van der Waals surface area (Å²) in [5, 5.41) is 0. The maximum absolute atomic E-state index is 6.20. The summed E-state index contributed by atoms with van der Waals surface area (Å²) in [5.74, 6) is 0.711. The van der Waals surface area contributed by atoms with E-state index in [0.717, 1.165) is 32.7 Å². The smallest absolute Gasteiger partial charge is 0.191 e. The van der Waals surface area contributed by atoms with Crippen molar-refractivity contribution in [3.05, 3.63) is 35.4 Å². The molecule has 0 atom stereocenters. The van der Waals surface area contributed by atoms with E-state index in [4.69, 9.17) is 5.73 Å². The molecule has 25 heavy (non-hydrogen) atoms. The number of benzene rings is 1. The number of rotatable bonds is 4. The molecule has 2 N–H and O–H groups in total. The highest BCUT2D eigenvalue weighted by molar-refractivity contribution is 5.78. The van der Waals surface area contributed by atoms with E-state index in [0.29, 0.717) is 12.5 Å². The Balaban J connectivity index is 1.49. The van der Waals surface area contributed by atoms with Gasteiger partial charge in [0.15, 0.2) is 5.96 Å². The molecule has 2 saturated heterocycles. The number of aliphatic imine (C=N–C) groups is 1. The van der Waals surface area contributed by atoms with Crippen LogP contribution in [0.1, 0.15) is 36.8 Å². The number of hydrogen-bond acceptors (Lipinski definition) is 3. The van der Waals surface area contributed by atoms with Gasteiger partial charge in [0.25, 0.3) is 0 Å². The molecule has 2 aliphatic rings. The average Bonchev–Trinajstić information content (AvgIpc) is 2.92. The SMILES string of the molecule is CN1CCN(Cc2ccc(CN=C(N)N3CCCCCC3)cc2)CC1. The van der Waals surface area contributed by atoms with E-state index in [-0.39, 0.29) is 0 Å². The van der Waals surface area contributed by atoms with Crippen LogP contribution in [-0.2, 0) is 13.1 Å². The normalized spacial score (nSPS) is 21.3. The van der Waals surface area contributed by atoms with Crippen LogP contribution in [0.4, 0.5) is 0 Å². The van der Waals surface area contributed by atoms with Crippen molar-refractivity contribution >= 4 is 5.96 Å². The van der Waals surface area contributed by atoms with Crippen molar-refractivity contribution in [2.75, 3.05) is 46.3 Å². The van der Waals surface area contributed by atoms with Gasteiger partial charge in [-0.05, 0) is 31.0 Å². The maximum atomic E-state index is 6.20. The van der Waals surface area contributed by atoms with Gasteiger partial charge in [-0.2, -0.15) is 0 Å². The molecule has 2 fully saturated rings.